The highest BCUT2D eigenvalue weighted by Gasteiger charge is 2.55. The van der Waals surface area contributed by atoms with E-state index in [9.17, 15) is 0 Å². The Bertz CT molecular complexity index is 827. The molecule has 2 unspecified atom stereocenters. The summed E-state index contributed by atoms with van der Waals surface area (Å²) in [7, 11) is 0. The monoisotopic (exact) mass is 400 g/mol. The lowest BCUT2D eigenvalue weighted by molar-refractivity contribution is 0.0963. The summed E-state index contributed by atoms with van der Waals surface area (Å²) >= 11 is 0. The van der Waals surface area contributed by atoms with Crippen molar-refractivity contribution < 1.29 is 0 Å². The molecular formula is C30H40. The highest BCUT2D eigenvalue weighted by Crippen LogP contribution is 2.65. The van der Waals surface area contributed by atoms with E-state index in [1.165, 1.54) is 56.1 Å². The second-order valence-electron chi connectivity index (χ2n) is 10.6. The van der Waals surface area contributed by atoms with Gasteiger partial charge in [-0.3, -0.25) is 0 Å². The smallest absolute Gasteiger partial charge is 0.0101 e. The van der Waals surface area contributed by atoms with Gasteiger partial charge in [0, 0.05) is 5.41 Å². The molecule has 5 rings (SSSR count). The normalized spacial score (nSPS) is 36.9. The standard InChI is InChI=1S/C24H34.C6H6/c1-6-17(3)20-9-10-21-19-8-7-18-15-16(2)11-13-23(18,4)22(19)12-14-24(20,21)5;1-2-4-6-5-3-1/h12,15,19-21H,2-3,6-11,13-14H2,1,4-5H3;1-6H/t19?,20-,21?,23+,24-;/m1./s1. The van der Waals surface area contributed by atoms with Crippen LogP contribution in [-0.4, -0.2) is 0 Å². The molecule has 30 heavy (non-hydrogen) atoms. The molecule has 0 aliphatic heterocycles. The fourth-order valence-electron chi connectivity index (χ4n) is 7.25. The van der Waals surface area contributed by atoms with Crippen molar-refractivity contribution in [1.29, 1.82) is 0 Å². The fraction of sp³-hybridized carbons (Fsp3) is 0.533. The minimum Gasteiger partial charge on any atom is -0.0996 e. The maximum absolute atomic E-state index is 4.44. The molecule has 4 aliphatic carbocycles. The number of hydrogen-bond acceptors (Lipinski definition) is 0. The third-order valence-electron chi connectivity index (χ3n) is 9.07. The van der Waals surface area contributed by atoms with Gasteiger partial charge in [0.05, 0.1) is 0 Å². The highest BCUT2D eigenvalue weighted by molar-refractivity contribution is 5.43. The SMILES string of the molecule is C=C1C=C2CCC3C(=CC[C@@]4(C)C3CC[C@@H]4C(=C)CC)[C@@]2(C)CC1.c1ccccc1. The van der Waals surface area contributed by atoms with E-state index in [1.54, 1.807) is 11.1 Å². The first-order valence-corrected chi connectivity index (χ1v) is 12.2. The van der Waals surface area contributed by atoms with E-state index in [2.05, 4.69) is 46.1 Å². The van der Waals surface area contributed by atoms with Crippen molar-refractivity contribution >= 4 is 0 Å². The van der Waals surface area contributed by atoms with Gasteiger partial charge in [-0.05, 0) is 74.5 Å². The molecule has 0 heterocycles. The lowest BCUT2D eigenvalue weighted by Gasteiger charge is -2.54. The number of allylic oxidation sites excluding steroid dienone is 6. The number of rotatable bonds is 2. The zero-order chi connectivity index (χ0) is 21.4. The van der Waals surface area contributed by atoms with Crippen LogP contribution in [0.2, 0.25) is 0 Å². The molecule has 4 aliphatic rings. The predicted octanol–water partition coefficient (Wildman–Crippen LogP) is 8.69. The molecule has 1 aromatic carbocycles. The molecular weight excluding hydrogens is 360 g/mol. The first-order chi connectivity index (χ1) is 14.4. The van der Waals surface area contributed by atoms with Crippen LogP contribution in [0.4, 0.5) is 0 Å². The topological polar surface area (TPSA) is 0 Å². The molecule has 0 bridgehead atoms. The average Bonchev–Trinajstić information content (AvgIpc) is 3.12. The summed E-state index contributed by atoms with van der Waals surface area (Å²) in [6.07, 6.45) is 15.5. The highest BCUT2D eigenvalue weighted by atomic mass is 14.6. The quantitative estimate of drug-likeness (QED) is 0.435. The lowest BCUT2D eigenvalue weighted by Crippen LogP contribution is -2.44. The fourth-order valence-corrected chi connectivity index (χ4v) is 7.25. The summed E-state index contributed by atoms with van der Waals surface area (Å²) < 4.78 is 0. The second-order valence-corrected chi connectivity index (χ2v) is 10.6. The number of hydrogen-bond donors (Lipinski definition) is 0. The number of benzene rings is 1. The third kappa shape index (κ3) is 3.57. The van der Waals surface area contributed by atoms with Crippen LogP contribution < -0.4 is 0 Å². The van der Waals surface area contributed by atoms with Gasteiger partial charge in [-0.1, -0.05) is 105 Å². The molecule has 0 N–H and O–H groups in total. The van der Waals surface area contributed by atoms with Crippen molar-refractivity contribution in [2.75, 3.05) is 0 Å². The molecule has 0 spiro atoms. The molecule has 0 saturated heterocycles. The molecule has 0 amide bonds. The molecule has 0 nitrogen and oxygen atoms in total. The van der Waals surface area contributed by atoms with Gasteiger partial charge < -0.3 is 0 Å². The Morgan fingerprint density at radius 2 is 1.67 bits per heavy atom. The van der Waals surface area contributed by atoms with Crippen LogP contribution in [0.5, 0.6) is 0 Å². The summed E-state index contributed by atoms with van der Waals surface area (Å²) in [4.78, 5) is 0. The first-order valence-electron chi connectivity index (χ1n) is 12.2. The summed E-state index contributed by atoms with van der Waals surface area (Å²) in [5.41, 5.74) is 7.15. The van der Waals surface area contributed by atoms with Crippen LogP contribution in [0, 0.1) is 28.6 Å². The van der Waals surface area contributed by atoms with E-state index in [0.29, 0.717) is 10.8 Å². The van der Waals surface area contributed by atoms with E-state index in [1.807, 2.05) is 36.4 Å². The molecule has 5 atom stereocenters. The molecule has 160 valence electrons. The van der Waals surface area contributed by atoms with Crippen molar-refractivity contribution in [3.63, 3.8) is 0 Å². The van der Waals surface area contributed by atoms with Crippen LogP contribution in [0.25, 0.3) is 0 Å². The van der Waals surface area contributed by atoms with Crippen molar-refractivity contribution in [3.8, 4) is 0 Å². The van der Waals surface area contributed by atoms with Gasteiger partial charge in [-0.25, -0.2) is 0 Å². The minimum atomic E-state index is 0.339. The predicted molar refractivity (Wildman–Crippen MR) is 130 cm³/mol. The van der Waals surface area contributed by atoms with Crippen LogP contribution >= 0.6 is 0 Å². The van der Waals surface area contributed by atoms with E-state index in [-0.39, 0.29) is 0 Å². The Labute approximate surface area is 184 Å². The average molecular weight is 401 g/mol. The summed E-state index contributed by atoms with van der Waals surface area (Å²) in [6, 6.07) is 12.0. The van der Waals surface area contributed by atoms with E-state index >= 15 is 0 Å². The Kier molecular flexibility index (Phi) is 5.97. The molecule has 2 fully saturated rings. The molecule has 0 heteroatoms. The van der Waals surface area contributed by atoms with Crippen molar-refractivity contribution in [2.45, 2.75) is 72.1 Å². The van der Waals surface area contributed by atoms with Gasteiger partial charge in [-0.15, -0.1) is 0 Å². The van der Waals surface area contributed by atoms with Crippen LogP contribution in [0.3, 0.4) is 0 Å². The third-order valence-corrected chi connectivity index (χ3v) is 9.07. The summed E-state index contributed by atoms with van der Waals surface area (Å²) in [6.45, 7) is 16.1. The summed E-state index contributed by atoms with van der Waals surface area (Å²) in [5.74, 6) is 2.46. The van der Waals surface area contributed by atoms with Gasteiger partial charge in [0.2, 0.25) is 0 Å². The van der Waals surface area contributed by atoms with Crippen molar-refractivity contribution in [3.05, 3.63) is 84.0 Å². The Hall–Kier alpha value is -1.82. The largest absolute Gasteiger partial charge is 0.0996 e. The maximum atomic E-state index is 4.44. The Morgan fingerprint density at radius 1 is 1.00 bits per heavy atom. The minimum absolute atomic E-state index is 0.339. The van der Waals surface area contributed by atoms with Gasteiger partial charge in [0.1, 0.15) is 0 Å². The molecule has 2 saturated carbocycles. The zero-order valence-corrected chi connectivity index (χ0v) is 19.4. The first kappa shape index (κ1) is 21.4. The van der Waals surface area contributed by atoms with Gasteiger partial charge in [0.15, 0.2) is 0 Å². The van der Waals surface area contributed by atoms with E-state index in [0.717, 1.165) is 24.2 Å². The summed E-state index contributed by atoms with van der Waals surface area (Å²) in [5, 5.41) is 0. The Balaban J connectivity index is 0.000000313. The van der Waals surface area contributed by atoms with Gasteiger partial charge >= 0.3 is 0 Å². The zero-order valence-electron chi connectivity index (χ0n) is 19.4. The van der Waals surface area contributed by atoms with Crippen molar-refractivity contribution in [2.24, 2.45) is 28.6 Å². The van der Waals surface area contributed by atoms with Crippen LogP contribution in [0.15, 0.2) is 84.0 Å². The molecule has 0 radical (unpaired) electrons. The van der Waals surface area contributed by atoms with E-state index in [4.69, 9.17) is 0 Å². The van der Waals surface area contributed by atoms with Crippen molar-refractivity contribution in [1.82, 2.24) is 0 Å². The molecule has 0 aromatic heterocycles. The van der Waals surface area contributed by atoms with Gasteiger partial charge in [-0.2, -0.15) is 0 Å². The second kappa shape index (κ2) is 8.37. The van der Waals surface area contributed by atoms with Gasteiger partial charge in [0.25, 0.3) is 0 Å². The molecule has 1 aromatic rings. The van der Waals surface area contributed by atoms with Crippen LogP contribution in [-0.2, 0) is 0 Å². The lowest BCUT2D eigenvalue weighted by atomic mass is 9.51. The Morgan fingerprint density at radius 3 is 2.30 bits per heavy atom. The number of fused-ring (bicyclic) bond motifs is 5. The van der Waals surface area contributed by atoms with E-state index < -0.39 is 0 Å². The van der Waals surface area contributed by atoms with Crippen LogP contribution in [0.1, 0.15) is 72.1 Å². The maximum Gasteiger partial charge on any atom is 0.0101 e.